The Morgan fingerprint density at radius 1 is 0.769 bits per heavy atom. The van der Waals surface area contributed by atoms with Gasteiger partial charge in [0, 0.05) is 18.7 Å². The lowest BCUT2D eigenvalue weighted by molar-refractivity contribution is 0.299. The number of hydrogen-bond donors (Lipinski definition) is 1. The molecule has 0 fully saturated rings. The van der Waals surface area contributed by atoms with E-state index < -0.39 is 0 Å². The van der Waals surface area contributed by atoms with E-state index >= 15 is 0 Å². The first-order chi connectivity index (χ1) is 12.2. The van der Waals surface area contributed by atoms with Crippen molar-refractivity contribution in [2.75, 3.05) is 0 Å². The maximum absolute atomic E-state index is 13.6. The van der Waals surface area contributed by atoms with Crippen molar-refractivity contribution in [2.45, 2.75) is 19.7 Å². The van der Waals surface area contributed by atoms with E-state index in [1.54, 1.807) is 30.3 Å². The van der Waals surface area contributed by atoms with Crippen LogP contribution < -0.4 is 10.1 Å². The number of rotatable bonds is 7. The zero-order valence-corrected chi connectivity index (χ0v) is 14.9. The monoisotopic (exact) mass is 375 g/mol. The smallest absolute Gasteiger partial charge is 0.129 e. The third-order valence-electron chi connectivity index (χ3n) is 3.82. The molecule has 0 bridgehead atoms. The lowest BCUT2D eigenvalue weighted by atomic mass is 10.2. The van der Waals surface area contributed by atoms with Gasteiger partial charge in [0.2, 0.25) is 0 Å². The van der Waals surface area contributed by atoms with Crippen molar-refractivity contribution in [3.05, 3.63) is 101 Å². The zero-order chi connectivity index (χ0) is 17.5. The van der Waals surface area contributed by atoms with Crippen LogP contribution >= 0.6 is 12.4 Å². The molecule has 0 saturated heterocycles. The van der Waals surface area contributed by atoms with Crippen LogP contribution in [0, 0.1) is 11.6 Å². The van der Waals surface area contributed by atoms with Crippen molar-refractivity contribution in [3.8, 4) is 5.75 Å². The summed E-state index contributed by atoms with van der Waals surface area (Å²) in [5.74, 6) is 0.201. The highest BCUT2D eigenvalue weighted by Crippen LogP contribution is 2.16. The summed E-state index contributed by atoms with van der Waals surface area (Å²) in [6.07, 6.45) is 0. The first kappa shape index (κ1) is 19.9. The van der Waals surface area contributed by atoms with Crippen LogP contribution in [0.5, 0.6) is 5.75 Å². The molecule has 0 aliphatic heterocycles. The normalized spacial score (nSPS) is 10.2. The van der Waals surface area contributed by atoms with Gasteiger partial charge < -0.3 is 10.1 Å². The van der Waals surface area contributed by atoms with E-state index in [1.807, 2.05) is 24.3 Å². The molecule has 2 nitrogen and oxygen atoms in total. The average Bonchev–Trinajstić information content (AvgIpc) is 2.63. The van der Waals surface area contributed by atoms with Gasteiger partial charge in [-0.1, -0.05) is 42.5 Å². The standard InChI is InChI=1S/C21H19F2NO.ClH/c22-19-10-8-16(9-11-19)13-24-14-17-4-3-6-20(12-17)25-15-18-5-1-2-7-21(18)23;/h1-12,24H,13-15H2;1H. The summed E-state index contributed by atoms with van der Waals surface area (Å²) in [4.78, 5) is 0. The van der Waals surface area contributed by atoms with Crippen LogP contribution in [0.15, 0.2) is 72.8 Å². The van der Waals surface area contributed by atoms with Gasteiger partial charge in [0.05, 0.1) is 0 Å². The quantitative estimate of drug-likeness (QED) is 0.608. The van der Waals surface area contributed by atoms with Gasteiger partial charge in [0.25, 0.3) is 0 Å². The molecule has 3 aromatic carbocycles. The zero-order valence-electron chi connectivity index (χ0n) is 14.1. The van der Waals surface area contributed by atoms with E-state index in [2.05, 4.69) is 5.32 Å². The van der Waals surface area contributed by atoms with Gasteiger partial charge in [-0.15, -0.1) is 12.4 Å². The highest BCUT2D eigenvalue weighted by molar-refractivity contribution is 5.85. The second-order valence-electron chi connectivity index (χ2n) is 5.76. The molecule has 0 aliphatic rings. The molecule has 0 unspecified atom stereocenters. The summed E-state index contributed by atoms with van der Waals surface area (Å²) in [5.41, 5.74) is 2.61. The molecule has 0 spiro atoms. The van der Waals surface area contributed by atoms with Crippen molar-refractivity contribution < 1.29 is 13.5 Å². The Bertz CT molecular complexity index is 824. The molecule has 5 heteroatoms. The third kappa shape index (κ3) is 5.83. The van der Waals surface area contributed by atoms with Gasteiger partial charge in [-0.3, -0.25) is 0 Å². The Morgan fingerprint density at radius 3 is 2.27 bits per heavy atom. The molecule has 0 heterocycles. The van der Waals surface area contributed by atoms with Crippen LogP contribution in [0.4, 0.5) is 8.78 Å². The fourth-order valence-corrected chi connectivity index (χ4v) is 2.48. The van der Waals surface area contributed by atoms with Gasteiger partial charge in [0.15, 0.2) is 0 Å². The average molecular weight is 376 g/mol. The SMILES string of the molecule is Cl.Fc1ccc(CNCc2cccc(OCc3ccccc3F)c2)cc1. The van der Waals surface area contributed by atoms with Crippen molar-refractivity contribution >= 4 is 12.4 Å². The molecule has 3 aromatic rings. The maximum atomic E-state index is 13.6. The van der Waals surface area contributed by atoms with Crippen LogP contribution in [0.25, 0.3) is 0 Å². The first-order valence-corrected chi connectivity index (χ1v) is 8.11. The highest BCUT2D eigenvalue weighted by Gasteiger charge is 2.03. The van der Waals surface area contributed by atoms with Gasteiger partial charge in [-0.2, -0.15) is 0 Å². The van der Waals surface area contributed by atoms with E-state index in [4.69, 9.17) is 4.74 Å². The summed E-state index contributed by atoms with van der Waals surface area (Å²) < 4.78 is 32.2. The number of benzene rings is 3. The minimum Gasteiger partial charge on any atom is -0.489 e. The van der Waals surface area contributed by atoms with Crippen LogP contribution in [0.3, 0.4) is 0 Å². The summed E-state index contributed by atoms with van der Waals surface area (Å²) >= 11 is 0. The number of nitrogens with one attached hydrogen (secondary N) is 1. The van der Waals surface area contributed by atoms with Crippen LogP contribution in [-0.4, -0.2) is 0 Å². The number of ether oxygens (including phenoxy) is 1. The highest BCUT2D eigenvalue weighted by atomic mass is 35.5. The summed E-state index contributed by atoms with van der Waals surface area (Å²) in [6.45, 7) is 1.51. The van der Waals surface area contributed by atoms with Crippen molar-refractivity contribution in [1.82, 2.24) is 5.32 Å². The Balaban J connectivity index is 0.00000243. The molecular weight excluding hydrogens is 356 g/mol. The fourth-order valence-electron chi connectivity index (χ4n) is 2.48. The van der Waals surface area contributed by atoms with Crippen molar-refractivity contribution in [1.29, 1.82) is 0 Å². The van der Waals surface area contributed by atoms with Gasteiger partial charge in [0.1, 0.15) is 24.0 Å². The summed E-state index contributed by atoms with van der Waals surface area (Å²) in [7, 11) is 0. The Labute approximate surface area is 158 Å². The van der Waals surface area contributed by atoms with E-state index in [1.165, 1.54) is 18.2 Å². The predicted octanol–water partition coefficient (Wildman–Crippen LogP) is 5.26. The minimum atomic E-state index is -0.264. The first-order valence-electron chi connectivity index (χ1n) is 8.11. The largest absolute Gasteiger partial charge is 0.489 e. The molecule has 3 rings (SSSR count). The van der Waals surface area contributed by atoms with Gasteiger partial charge >= 0.3 is 0 Å². The molecule has 0 atom stereocenters. The Kier molecular flexibility index (Phi) is 7.57. The maximum Gasteiger partial charge on any atom is 0.129 e. The Hall–Kier alpha value is -2.43. The molecule has 0 aromatic heterocycles. The molecule has 1 N–H and O–H groups in total. The lowest BCUT2D eigenvalue weighted by Crippen LogP contribution is -2.12. The Morgan fingerprint density at radius 2 is 1.50 bits per heavy atom. The lowest BCUT2D eigenvalue weighted by Gasteiger charge is -2.10. The van der Waals surface area contributed by atoms with Gasteiger partial charge in [-0.05, 0) is 41.5 Å². The van der Waals surface area contributed by atoms with E-state index in [0.29, 0.717) is 24.4 Å². The second-order valence-corrected chi connectivity index (χ2v) is 5.76. The topological polar surface area (TPSA) is 21.3 Å². The predicted molar refractivity (Wildman–Crippen MR) is 101 cm³/mol. The molecule has 0 saturated carbocycles. The fraction of sp³-hybridized carbons (Fsp3) is 0.143. The van der Waals surface area contributed by atoms with E-state index in [0.717, 1.165) is 11.1 Å². The molecule has 0 aliphatic carbocycles. The van der Waals surface area contributed by atoms with Crippen LogP contribution in [0.2, 0.25) is 0 Å². The number of hydrogen-bond acceptors (Lipinski definition) is 2. The second kappa shape index (κ2) is 9.90. The molecular formula is C21H20ClF2NO. The third-order valence-corrected chi connectivity index (χ3v) is 3.82. The van der Waals surface area contributed by atoms with Crippen molar-refractivity contribution in [3.63, 3.8) is 0 Å². The van der Waals surface area contributed by atoms with Crippen molar-refractivity contribution in [2.24, 2.45) is 0 Å². The van der Waals surface area contributed by atoms with Crippen LogP contribution in [-0.2, 0) is 19.7 Å². The van der Waals surface area contributed by atoms with Gasteiger partial charge in [-0.25, -0.2) is 8.78 Å². The van der Waals surface area contributed by atoms with E-state index in [-0.39, 0.29) is 30.6 Å². The molecule has 136 valence electrons. The summed E-state index contributed by atoms with van der Waals surface area (Å²) in [6, 6.07) is 20.7. The van der Waals surface area contributed by atoms with E-state index in [9.17, 15) is 8.78 Å². The minimum absolute atomic E-state index is 0. The molecule has 0 radical (unpaired) electrons. The number of halogens is 3. The summed E-state index contributed by atoms with van der Waals surface area (Å²) in [5, 5.41) is 3.31. The van der Waals surface area contributed by atoms with Crippen LogP contribution in [0.1, 0.15) is 16.7 Å². The molecule has 26 heavy (non-hydrogen) atoms. The molecule has 0 amide bonds.